The van der Waals surface area contributed by atoms with Crippen molar-refractivity contribution in [2.24, 2.45) is 0 Å². The van der Waals surface area contributed by atoms with Crippen molar-refractivity contribution in [1.29, 1.82) is 0 Å². The Morgan fingerprint density at radius 1 is 1.21 bits per heavy atom. The fourth-order valence-corrected chi connectivity index (χ4v) is 4.24. The van der Waals surface area contributed by atoms with Crippen LogP contribution in [-0.2, 0) is 9.59 Å². The number of rotatable bonds is 4. The minimum absolute atomic E-state index is 0.0502. The molecule has 148 valence electrons. The first-order valence-corrected chi connectivity index (χ1v) is 10.3. The normalized spacial score (nSPS) is 14.0. The SMILES string of the molecule is O=C1CCCN1C(=O)CSc1nc2ccccc2c(=O)n1-c1ccc(F)c(Cl)c1. The lowest BCUT2D eigenvalue weighted by Crippen LogP contribution is -2.33. The van der Waals surface area contributed by atoms with Crippen LogP contribution in [-0.4, -0.2) is 38.6 Å². The van der Waals surface area contributed by atoms with Crippen molar-refractivity contribution >= 4 is 46.1 Å². The smallest absolute Gasteiger partial charge is 0.266 e. The van der Waals surface area contributed by atoms with Gasteiger partial charge in [0, 0.05) is 13.0 Å². The van der Waals surface area contributed by atoms with E-state index in [-0.39, 0.29) is 33.3 Å². The molecule has 4 rings (SSSR count). The van der Waals surface area contributed by atoms with Crippen LogP contribution in [0.25, 0.3) is 16.6 Å². The number of aromatic nitrogens is 2. The van der Waals surface area contributed by atoms with Gasteiger partial charge in [-0.15, -0.1) is 0 Å². The fourth-order valence-electron chi connectivity index (χ4n) is 3.18. The number of thioether (sulfide) groups is 1. The molecule has 9 heteroatoms. The van der Waals surface area contributed by atoms with Gasteiger partial charge >= 0.3 is 0 Å². The van der Waals surface area contributed by atoms with E-state index in [0.29, 0.717) is 36.0 Å². The Bertz CT molecular complexity index is 1200. The minimum atomic E-state index is -0.603. The van der Waals surface area contributed by atoms with E-state index >= 15 is 0 Å². The number of halogens is 2. The molecule has 0 unspecified atom stereocenters. The molecule has 0 atom stereocenters. The van der Waals surface area contributed by atoms with E-state index in [1.54, 1.807) is 24.3 Å². The molecular weight excluding hydrogens is 417 g/mol. The molecule has 1 aliphatic rings. The second-order valence-corrected chi connectivity index (χ2v) is 7.83. The lowest BCUT2D eigenvalue weighted by molar-refractivity contribution is -0.140. The van der Waals surface area contributed by atoms with Gasteiger partial charge in [-0.25, -0.2) is 9.37 Å². The standard InChI is InChI=1S/C20H15ClFN3O3S/c21-14-10-12(7-8-15(14)22)25-19(28)13-4-1-2-5-16(13)23-20(25)29-11-18(27)24-9-3-6-17(24)26/h1-2,4-5,7-8,10H,3,6,9,11H2. The lowest BCUT2D eigenvalue weighted by Gasteiger charge is -2.16. The summed E-state index contributed by atoms with van der Waals surface area (Å²) in [5.41, 5.74) is 0.464. The first-order chi connectivity index (χ1) is 14.0. The van der Waals surface area contributed by atoms with Crippen LogP contribution in [0.4, 0.5) is 4.39 Å². The van der Waals surface area contributed by atoms with E-state index < -0.39 is 5.82 Å². The molecule has 0 spiro atoms. The third-order valence-corrected chi connectivity index (χ3v) is 5.82. The highest BCUT2D eigenvalue weighted by Crippen LogP contribution is 2.25. The van der Waals surface area contributed by atoms with Crippen LogP contribution < -0.4 is 5.56 Å². The van der Waals surface area contributed by atoms with E-state index in [2.05, 4.69) is 4.98 Å². The third-order valence-electron chi connectivity index (χ3n) is 4.61. The highest BCUT2D eigenvalue weighted by molar-refractivity contribution is 7.99. The van der Waals surface area contributed by atoms with Crippen LogP contribution in [0, 0.1) is 5.82 Å². The van der Waals surface area contributed by atoms with Crippen molar-refractivity contribution in [1.82, 2.24) is 14.5 Å². The predicted octanol–water partition coefficient (Wildman–Crippen LogP) is 3.42. The highest BCUT2D eigenvalue weighted by Gasteiger charge is 2.26. The number of carbonyl (C=O) groups excluding carboxylic acids is 2. The van der Waals surface area contributed by atoms with Gasteiger partial charge in [-0.3, -0.25) is 23.9 Å². The summed E-state index contributed by atoms with van der Waals surface area (Å²) in [5.74, 6) is -1.17. The Balaban J connectivity index is 1.77. The number of likely N-dealkylation sites (tertiary alicyclic amines) is 1. The first kappa shape index (κ1) is 19.6. The highest BCUT2D eigenvalue weighted by atomic mass is 35.5. The summed E-state index contributed by atoms with van der Waals surface area (Å²) in [6.45, 7) is 0.406. The molecule has 0 radical (unpaired) electrons. The molecule has 0 bridgehead atoms. The first-order valence-electron chi connectivity index (χ1n) is 8.89. The van der Waals surface area contributed by atoms with Gasteiger partial charge < -0.3 is 0 Å². The second kappa shape index (κ2) is 7.96. The number of benzene rings is 2. The van der Waals surface area contributed by atoms with Gasteiger partial charge in [0.2, 0.25) is 11.8 Å². The molecular formula is C20H15ClFN3O3S. The van der Waals surface area contributed by atoms with Crippen molar-refractivity contribution in [3.63, 3.8) is 0 Å². The molecule has 0 aliphatic carbocycles. The van der Waals surface area contributed by atoms with E-state index in [9.17, 15) is 18.8 Å². The molecule has 0 N–H and O–H groups in total. The third kappa shape index (κ3) is 3.77. The van der Waals surface area contributed by atoms with E-state index in [0.717, 1.165) is 11.8 Å². The van der Waals surface area contributed by atoms with Crippen molar-refractivity contribution in [2.45, 2.75) is 18.0 Å². The molecule has 1 saturated heterocycles. The Labute approximate surface area is 174 Å². The summed E-state index contributed by atoms with van der Waals surface area (Å²) in [7, 11) is 0. The molecule has 3 aromatic rings. The summed E-state index contributed by atoms with van der Waals surface area (Å²) < 4.78 is 14.9. The largest absolute Gasteiger partial charge is 0.282 e. The Morgan fingerprint density at radius 3 is 2.72 bits per heavy atom. The van der Waals surface area contributed by atoms with Gasteiger partial charge in [-0.1, -0.05) is 35.5 Å². The van der Waals surface area contributed by atoms with Crippen molar-refractivity contribution in [2.75, 3.05) is 12.3 Å². The van der Waals surface area contributed by atoms with Gasteiger partial charge in [0.15, 0.2) is 5.16 Å². The molecule has 0 saturated carbocycles. The zero-order chi connectivity index (χ0) is 20.5. The van der Waals surface area contributed by atoms with Crippen LogP contribution in [0.1, 0.15) is 12.8 Å². The summed E-state index contributed by atoms with van der Waals surface area (Å²) in [6.07, 6.45) is 1.02. The fraction of sp³-hybridized carbons (Fsp3) is 0.200. The molecule has 29 heavy (non-hydrogen) atoms. The second-order valence-electron chi connectivity index (χ2n) is 6.48. The van der Waals surface area contributed by atoms with Crippen LogP contribution in [0.3, 0.4) is 0 Å². The molecule has 1 aromatic heterocycles. The topological polar surface area (TPSA) is 72.3 Å². The number of hydrogen-bond acceptors (Lipinski definition) is 5. The summed E-state index contributed by atoms with van der Waals surface area (Å²) in [5, 5.41) is 0.520. The van der Waals surface area contributed by atoms with E-state index in [1.807, 2.05) is 0 Å². The Hall–Kier alpha value is -2.71. The molecule has 2 aromatic carbocycles. The van der Waals surface area contributed by atoms with E-state index in [1.165, 1.54) is 27.7 Å². The summed E-state index contributed by atoms with van der Waals surface area (Å²) >= 11 is 6.95. The zero-order valence-electron chi connectivity index (χ0n) is 15.1. The number of nitrogens with zero attached hydrogens (tertiary/aromatic N) is 3. The maximum atomic E-state index is 13.6. The summed E-state index contributed by atoms with van der Waals surface area (Å²) in [4.78, 5) is 43.1. The van der Waals surface area contributed by atoms with Gasteiger partial charge in [0.1, 0.15) is 5.82 Å². The zero-order valence-corrected chi connectivity index (χ0v) is 16.7. The number of amides is 2. The van der Waals surface area contributed by atoms with Crippen molar-refractivity contribution in [3.05, 3.63) is 63.7 Å². The maximum Gasteiger partial charge on any atom is 0.266 e. The maximum absolute atomic E-state index is 13.6. The van der Waals surface area contributed by atoms with Crippen LogP contribution >= 0.6 is 23.4 Å². The number of para-hydroxylation sites is 1. The molecule has 2 heterocycles. The molecule has 2 amide bonds. The number of hydrogen-bond donors (Lipinski definition) is 0. The minimum Gasteiger partial charge on any atom is -0.282 e. The lowest BCUT2D eigenvalue weighted by atomic mass is 10.2. The Morgan fingerprint density at radius 2 is 2.00 bits per heavy atom. The summed E-state index contributed by atoms with van der Waals surface area (Å²) in [6, 6.07) is 10.8. The Kier molecular flexibility index (Phi) is 5.38. The van der Waals surface area contributed by atoms with Gasteiger partial charge in [0.25, 0.3) is 5.56 Å². The molecule has 1 aliphatic heterocycles. The number of fused-ring (bicyclic) bond motifs is 1. The average Bonchev–Trinajstić information content (AvgIpc) is 3.14. The average molecular weight is 432 g/mol. The van der Waals surface area contributed by atoms with Crippen LogP contribution in [0.5, 0.6) is 0 Å². The van der Waals surface area contributed by atoms with Gasteiger partial charge in [-0.2, -0.15) is 0 Å². The van der Waals surface area contributed by atoms with E-state index in [4.69, 9.17) is 11.6 Å². The van der Waals surface area contributed by atoms with Gasteiger partial charge in [0.05, 0.1) is 27.4 Å². The number of imide groups is 1. The van der Waals surface area contributed by atoms with Crippen LogP contribution in [0.15, 0.2) is 52.4 Å². The molecule has 1 fully saturated rings. The quantitative estimate of drug-likeness (QED) is 0.467. The van der Waals surface area contributed by atoms with Gasteiger partial charge in [-0.05, 0) is 36.8 Å². The molecule has 6 nitrogen and oxygen atoms in total. The van der Waals surface area contributed by atoms with Crippen molar-refractivity contribution < 1.29 is 14.0 Å². The monoisotopic (exact) mass is 431 g/mol. The number of carbonyl (C=O) groups is 2. The van der Waals surface area contributed by atoms with Crippen molar-refractivity contribution in [3.8, 4) is 5.69 Å². The predicted molar refractivity (Wildman–Crippen MR) is 109 cm³/mol. The van der Waals surface area contributed by atoms with Crippen LogP contribution in [0.2, 0.25) is 5.02 Å².